The van der Waals surface area contributed by atoms with Gasteiger partial charge in [-0.05, 0) is 44.9 Å². The predicted octanol–water partition coefficient (Wildman–Crippen LogP) is 15.9. The summed E-state index contributed by atoms with van der Waals surface area (Å²) in [6, 6.07) is 0. The Balaban J connectivity index is 4.20. The standard InChI is InChI=1S/C53H102NO8P/c1-6-8-10-12-14-16-18-20-22-24-25-26-27-28-30-32-34-36-38-40-42-44-46-53(56)62-51(50-61-63(57,58)60-48-47-54(3,4)5)49-59-52(55)45-43-41-39-37-35-33-31-29-23-21-19-17-15-13-11-9-7-2/h15,17,21,23,51H,6-14,16,18-20,22,24-50H2,1-5H3/p+1/b17-15+,23-21+/t51-/m1/s1. The molecule has 63 heavy (non-hydrogen) atoms. The normalized spacial score (nSPS) is 13.6. The average molecular weight is 913 g/mol. The lowest BCUT2D eigenvalue weighted by Gasteiger charge is -2.24. The summed E-state index contributed by atoms with van der Waals surface area (Å²) in [5.41, 5.74) is 0. The molecule has 10 heteroatoms. The molecule has 0 saturated carbocycles. The number of hydrogen-bond donors (Lipinski definition) is 1. The SMILES string of the molecule is CCCCC/C=C/C/C=C/CCCCCCCCCC(=O)OC[C@H](COP(=O)(O)OCC[N+](C)(C)C)OC(=O)CCCCCCCCCCCCCCCCCCCCCCCC. The summed E-state index contributed by atoms with van der Waals surface area (Å²) in [7, 11) is 1.48. The van der Waals surface area contributed by atoms with Crippen LogP contribution in [0.1, 0.15) is 251 Å². The Morgan fingerprint density at radius 2 is 0.857 bits per heavy atom. The molecule has 0 bridgehead atoms. The smallest absolute Gasteiger partial charge is 0.462 e. The summed E-state index contributed by atoms with van der Waals surface area (Å²) in [5, 5.41) is 0. The van der Waals surface area contributed by atoms with Crippen molar-refractivity contribution in [3.05, 3.63) is 24.3 Å². The Kier molecular flexibility index (Phi) is 44.5. The van der Waals surface area contributed by atoms with Crippen LogP contribution in [0.3, 0.4) is 0 Å². The first-order valence-corrected chi connectivity index (χ1v) is 28.1. The number of quaternary nitrogens is 1. The van der Waals surface area contributed by atoms with Crippen molar-refractivity contribution in [3.63, 3.8) is 0 Å². The van der Waals surface area contributed by atoms with Crippen LogP contribution < -0.4 is 0 Å². The lowest BCUT2D eigenvalue weighted by molar-refractivity contribution is -0.870. The van der Waals surface area contributed by atoms with Crippen LogP contribution in [0.5, 0.6) is 0 Å². The maximum Gasteiger partial charge on any atom is 0.472 e. The third kappa shape index (κ3) is 49.8. The van der Waals surface area contributed by atoms with E-state index < -0.39 is 26.5 Å². The van der Waals surface area contributed by atoms with Gasteiger partial charge in [-0.2, -0.15) is 0 Å². The Labute approximate surface area is 389 Å². The Morgan fingerprint density at radius 3 is 1.29 bits per heavy atom. The second-order valence-corrected chi connectivity index (χ2v) is 20.7. The second kappa shape index (κ2) is 45.6. The largest absolute Gasteiger partial charge is 0.472 e. The van der Waals surface area contributed by atoms with Crippen molar-refractivity contribution in [1.29, 1.82) is 0 Å². The summed E-state index contributed by atoms with van der Waals surface area (Å²) in [5.74, 6) is -0.794. The minimum absolute atomic E-state index is 0.0327. The molecule has 0 radical (unpaired) electrons. The van der Waals surface area contributed by atoms with Gasteiger partial charge in [-0.3, -0.25) is 18.6 Å². The van der Waals surface area contributed by atoms with Gasteiger partial charge in [-0.25, -0.2) is 4.57 Å². The Hall–Kier alpha value is -1.51. The number of likely N-dealkylation sites (N-methyl/N-ethyl adjacent to an activating group) is 1. The van der Waals surface area contributed by atoms with Crippen molar-refractivity contribution < 1.29 is 42.1 Å². The van der Waals surface area contributed by atoms with Crippen LogP contribution in [-0.2, 0) is 32.7 Å². The predicted molar refractivity (Wildman–Crippen MR) is 266 cm³/mol. The van der Waals surface area contributed by atoms with Crippen LogP contribution >= 0.6 is 7.82 Å². The molecular formula is C53H103NO8P+. The third-order valence-corrected chi connectivity index (χ3v) is 12.7. The van der Waals surface area contributed by atoms with Crippen molar-refractivity contribution in [3.8, 4) is 0 Å². The van der Waals surface area contributed by atoms with E-state index in [0.29, 0.717) is 17.4 Å². The number of ether oxygens (including phenoxy) is 2. The molecule has 2 atom stereocenters. The number of hydrogen-bond acceptors (Lipinski definition) is 7. The quantitative estimate of drug-likeness (QED) is 0.0211. The van der Waals surface area contributed by atoms with Gasteiger partial charge in [0.1, 0.15) is 19.8 Å². The van der Waals surface area contributed by atoms with Crippen molar-refractivity contribution in [1.82, 2.24) is 0 Å². The number of phosphoric acid groups is 1. The first-order valence-electron chi connectivity index (χ1n) is 26.6. The fourth-order valence-corrected chi connectivity index (χ4v) is 8.32. The molecule has 0 rings (SSSR count). The summed E-state index contributed by atoms with van der Waals surface area (Å²) < 4.78 is 34.5. The maximum atomic E-state index is 12.8. The molecule has 0 aliphatic rings. The fraction of sp³-hybridized carbons (Fsp3) is 0.887. The van der Waals surface area contributed by atoms with E-state index >= 15 is 0 Å². The van der Waals surface area contributed by atoms with Crippen molar-refractivity contribution >= 4 is 19.8 Å². The van der Waals surface area contributed by atoms with Crippen LogP contribution in [0, 0.1) is 0 Å². The van der Waals surface area contributed by atoms with Gasteiger partial charge < -0.3 is 18.9 Å². The molecule has 0 aliphatic carbocycles. The number of phosphoric ester groups is 1. The van der Waals surface area contributed by atoms with Gasteiger partial charge in [0.2, 0.25) is 0 Å². The monoisotopic (exact) mass is 913 g/mol. The zero-order chi connectivity index (χ0) is 46.4. The molecule has 0 spiro atoms. The van der Waals surface area contributed by atoms with Crippen LogP contribution in [-0.4, -0.2) is 74.9 Å². The first-order chi connectivity index (χ1) is 30.5. The highest BCUT2D eigenvalue weighted by atomic mass is 31.2. The Bertz CT molecular complexity index is 1120. The molecule has 0 aromatic rings. The highest BCUT2D eigenvalue weighted by Crippen LogP contribution is 2.43. The topological polar surface area (TPSA) is 108 Å². The van der Waals surface area contributed by atoms with E-state index in [0.717, 1.165) is 51.4 Å². The number of rotatable bonds is 49. The molecule has 0 fully saturated rings. The van der Waals surface area contributed by atoms with Gasteiger partial charge in [-0.1, -0.05) is 218 Å². The molecule has 0 heterocycles. The third-order valence-electron chi connectivity index (χ3n) is 11.7. The number of unbranched alkanes of at least 4 members (excludes halogenated alkanes) is 31. The van der Waals surface area contributed by atoms with Crippen LogP contribution in [0.25, 0.3) is 0 Å². The molecule has 0 amide bonds. The highest BCUT2D eigenvalue weighted by Gasteiger charge is 2.27. The first kappa shape index (κ1) is 61.5. The summed E-state index contributed by atoms with van der Waals surface area (Å²) in [4.78, 5) is 35.6. The minimum Gasteiger partial charge on any atom is -0.462 e. The molecule has 9 nitrogen and oxygen atoms in total. The molecule has 0 aromatic carbocycles. The zero-order valence-corrected chi connectivity index (χ0v) is 43.0. The summed E-state index contributed by atoms with van der Waals surface area (Å²) in [6.07, 6.45) is 52.3. The molecule has 0 saturated heterocycles. The number of carbonyl (C=O) groups excluding carboxylic acids is 2. The zero-order valence-electron chi connectivity index (χ0n) is 42.1. The highest BCUT2D eigenvalue weighted by molar-refractivity contribution is 7.47. The Morgan fingerprint density at radius 1 is 0.492 bits per heavy atom. The lowest BCUT2D eigenvalue weighted by Crippen LogP contribution is -2.37. The van der Waals surface area contributed by atoms with Gasteiger partial charge in [0.05, 0.1) is 27.7 Å². The van der Waals surface area contributed by atoms with E-state index in [1.807, 2.05) is 21.1 Å². The molecule has 0 aromatic heterocycles. The number of nitrogens with zero attached hydrogens (tertiary/aromatic N) is 1. The van der Waals surface area contributed by atoms with Crippen LogP contribution in [0.4, 0.5) is 0 Å². The van der Waals surface area contributed by atoms with Crippen molar-refractivity contribution in [2.24, 2.45) is 0 Å². The van der Waals surface area contributed by atoms with E-state index in [-0.39, 0.29) is 32.0 Å². The summed E-state index contributed by atoms with van der Waals surface area (Å²) in [6.45, 7) is 4.44. The fourth-order valence-electron chi connectivity index (χ4n) is 7.58. The number of allylic oxidation sites excluding steroid dienone is 4. The van der Waals surface area contributed by atoms with E-state index in [9.17, 15) is 19.0 Å². The number of esters is 2. The van der Waals surface area contributed by atoms with Crippen molar-refractivity contribution in [2.75, 3.05) is 47.5 Å². The van der Waals surface area contributed by atoms with E-state index in [2.05, 4.69) is 38.2 Å². The van der Waals surface area contributed by atoms with Gasteiger partial charge in [0.25, 0.3) is 0 Å². The number of carbonyl (C=O) groups is 2. The minimum atomic E-state index is -4.38. The molecule has 1 N–H and O–H groups in total. The summed E-state index contributed by atoms with van der Waals surface area (Å²) >= 11 is 0. The van der Waals surface area contributed by atoms with Crippen molar-refractivity contribution in [2.45, 2.75) is 258 Å². The molecular weight excluding hydrogens is 810 g/mol. The second-order valence-electron chi connectivity index (χ2n) is 19.3. The molecule has 0 aliphatic heterocycles. The molecule has 1 unspecified atom stereocenters. The van der Waals surface area contributed by atoms with Gasteiger partial charge in [0, 0.05) is 12.8 Å². The maximum absolute atomic E-state index is 12.8. The van der Waals surface area contributed by atoms with E-state index in [1.165, 1.54) is 167 Å². The lowest BCUT2D eigenvalue weighted by atomic mass is 10.0. The van der Waals surface area contributed by atoms with E-state index in [1.54, 1.807) is 0 Å². The van der Waals surface area contributed by atoms with Gasteiger partial charge in [0.15, 0.2) is 6.10 Å². The van der Waals surface area contributed by atoms with Gasteiger partial charge >= 0.3 is 19.8 Å². The average Bonchev–Trinajstić information content (AvgIpc) is 3.24. The van der Waals surface area contributed by atoms with Crippen LogP contribution in [0.15, 0.2) is 24.3 Å². The van der Waals surface area contributed by atoms with Crippen LogP contribution in [0.2, 0.25) is 0 Å². The van der Waals surface area contributed by atoms with Gasteiger partial charge in [-0.15, -0.1) is 0 Å². The van der Waals surface area contributed by atoms with E-state index in [4.69, 9.17) is 18.5 Å². The molecule has 372 valence electrons.